The highest BCUT2D eigenvalue weighted by Crippen LogP contribution is 2.27. The highest BCUT2D eigenvalue weighted by molar-refractivity contribution is 5.74. The molecule has 0 spiro atoms. The fraction of sp³-hybridized carbons (Fsp3) is 0.381. The van der Waals surface area contributed by atoms with Gasteiger partial charge < -0.3 is 20.3 Å². The van der Waals surface area contributed by atoms with Crippen molar-refractivity contribution in [3.63, 3.8) is 0 Å². The number of carbonyl (C=O) groups is 1. The molecule has 2 amide bonds. The fourth-order valence-corrected chi connectivity index (χ4v) is 3.21. The number of urea groups is 1. The zero-order valence-corrected chi connectivity index (χ0v) is 15.7. The second-order valence-corrected chi connectivity index (χ2v) is 6.97. The number of carbonyl (C=O) groups excluding carboxylic acids is 1. The molecule has 144 valence electrons. The molecule has 1 aliphatic rings. The van der Waals surface area contributed by atoms with Crippen LogP contribution in [0.3, 0.4) is 0 Å². The molecule has 5 nitrogen and oxygen atoms in total. The smallest absolute Gasteiger partial charge is 0.315 e. The predicted octanol–water partition coefficient (Wildman–Crippen LogP) is 3.61. The quantitative estimate of drug-likeness (QED) is 0.816. The van der Waals surface area contributed by atoms with Gasteiger partial charge in [-0.2, -0.15) is 0 Å². The summed E-state index contributed by atoms with van der Waals surface area (Å²) in [6.07, 6.45) is 1.73. The van der Waals surface area contributed by atoms with Gasteiger partial charge in [0.25, 0.3) is 0 Å². The summed E-state index contributed by atoms with van der Waals surface area (Å²) >= 11 is 0. The molecule has 6 heteroatoms. The summed E-state index contributed by atoms with van der Waals surface area (Å²) in [6, 6.07) is 13.7. The molecule has 0 bridgehead atoms. The van der Waals surface area contributed by atoms with E-state index in [-0.39, 0.29) is 24.0 Å². The first kappa shape index (κ1) is 19.2. The van der Waals surface area contributed by atoms with Crippen molar-refractivity contribution in [2.45, 2.75) is 31.5 Å². The number of ether oxygens (including phenoxy) is 1. The normalized spacial score (nSPS) is 17.4. The molecule has 2 aromatic rings. The van der Waals surface area contributed by atoms with Crippen molar-refractivity contribution in [1.82, 2.24) is 10.6 Å². The highest BCUT2D eigenvalue weighted by atomic mass is 19.1. The molecule has 3 rings (SSSR count). The first-order valence-corrected chi connectivity index (χ1v) is 9.20. The minimum absolute atomic E-state index is 0.0967. The Bertz CT molecular complexity index is 741. The number of rotatable bonds is 6. The Morgan fingerprint density at radius 2 is 1.89 bits per heavy atom. The summed E-state index contributed by atoms with van der Waals surface area (Å²) < 4.78 is 19.0. The Kier molecular flexibility index (Phi) is 6.29. The van der Waals surface area contributed by atoms with Crippen molar-refractivity contribution in [1.29, 1.82) is 0 Å². The van der Waals surface area contributed by atoms with E-state index in [9.17, 15) is 9.18 Å². The van der Waals surface area contributed by atoms with Crippen LogP contribution >= 0.6 is 0 Å². The van der Waals surface area contributed by atoms with Crippen LogP contribution in [0, 0.1) is 5.82 Å². The van der Waals surface area contributed by atoms with Gasteiger partial charge in [-0.1, -0.05) is 24.3 Å². The van der Waals surface area contributed by atoms with E-state index >= 15 is 0 Å². The van der Waals surface area contributed by atoms with E-state index in [4.69, 9.17) is 4.74 Å². The Balaban J connectivity index is 1.61. The van der Waals surface area contributed by atoms with Crippen molar-refractivity contribution in [3.05, 3.63) is 65.5 Å². The molecule has 0 aromatic heterocycles. The van der Waals surface area contributed by atoms with E-state index in [0.717, 1.165) is 29.7 Å². The lowest BCUT2D eigenvalue weighted by atomic mass is 9.99. The maximum absolute atomic E-state index is 13.2. The molecule has 0 radical (unpaired) electrons. The lowest BCUT2D eigenvalue weighted by Gasteiger charge is -2.25. The van der Waals surface area contributed by atoms with Gasteiger partial charge in [-0.3, -0.25) is 0 Å². The largest absolute Gasteiger partial charge is 0.378 e. The van der Waals surface area contributed by atoms with Gasteiger partial charge in [-0.25, -0.2) is 9.18 Å². The van der Waals surface area contributed by atoms with Crippen LogP contribution in [-0.4, -0.2) is 32.8 Å². The molecule has 2 aromatic carbocycles. The maximum Gasteiger partial charge on any atom is 0.315 e. The van der Waals surface area contributed by atoms with Crippen molar-refractivity contribution in [2.75, 3.05) is 25.6 Å². The van der Waals surface area contributed by atoms with E-state index in [1.54, 1.807) is 12.1 Å². The van der Waals surface area contributed by atoms with Crippen molar-refractivity contribution >= 4 is 11.7 Å². The Morgan fingerprint density at radius 1 is 1.19 bits per heavy atom. The topological polar surface area (TPSA) is 53.6 Å². The predicted molar refractivity (Wildman–Crippen MR) is 104 cm³/mol. The van der Waals surface area contributed by atoms with Crippen molar-refractivity contribution in [3.8, 4) is 0 Å². The number of hydrogen-bond donors (Lipinski definition) is 2. The van der Waals surface area contributed by atoms with Gasteiger partial charge in [0.05, 0.1) is 12.1 Å². The third-order valence-electron chi connectivity index (χ3n) is 4.76. The van der Waals surface area contributed by atoms with Crippen LogP contribution in [0.5, 0.6) is 0 Å². The van der Waals surface area contributed by atoms with Crippen LogP contribution in [0.25, 0.3) is 0 Å². The van der Waals surface area contributed by atoms with Crippen LogP contribution in [0.1, 0.15) is 30.0 Å². The minimum atomic E-state index is -0.302. The standard InChI is InChI=1S/C21H26FN3O2/c1-25(2)18-11-5-15(6-12-18)14-23-21(26)24-20(19-4-3-13-27-19)16-7-9-17(22)10-8-16/h5-12,19-20H,3-4,13-14H2,1-2H3,(H2,23,24,26)/t19-,20-/m0/s1. The summed E-state index contributed by atoms with van der Waals surface area (Å²) in [5.41, 5.74) is 2.97. The van der Waals surface area contributed by atoms with Crippen LogP contribution in [0.15, 0.2) is 48.5 Å². The molecular formula is C21H26FN3O2. The SMILES string of the molecule is CN(C)c1ccc(CNC(=O)N[C@@H](c2ccc(F)cc2)[C@@H]2CCCO2)cc1. The fourth-order valence-electron chi connectivity index (χ4n) is 3.21. The van der Waals surface area contributed by atoms with E-state index in [1.165, 1.54) is 12.1 Å². The average molecular weight is 371 g/mol. The van der Waals surface area contributed by atoms with Crippen LogP contribution in [0.2, 0.25) is 0 Å². The van der Waals surface area contributed by atoms with E-state index in [0.29, 0.717) is 13.2 Å². The molecule has 0 saturated carbocycles. The summed E-state index contributed by atoms with van der Waals surface area (Å²) in [5.74, 6) is -0.296. The van der Waals surface area contributed by atoms with Gasteiger partial charge >= 0.3 is 6.03 Å². The zero-order chi connectivity index (χ0) is 19.2. The zero-order valence-electron chi connectivity index (χ0n) is 15.7. The number of anilines is 1. The number of benzene rings is 2. The van der Waals surface area contributed by atoms with Gasteiger partial charge in [-0.15, -0.1) is 0 Å². The number of nitrogens with zero attached hydrogens (tertiary/aromatic N) is 1. The molecule has 1 fully saturated rings. The lowest BCUT2D eigenvalue weighted by Crippen LogP contribution is -2.42. The van der Waals surface area contributed by atoms with Crippen molar-refractivity contribution in [2.24, 2.45) is 0 Å². The number of hydrogen-bond acceptors (Lipinski definition) is 3. The summed E-state index contributed by atoms with van der Waals surface area (Å²) in [7, 11) is 3.97. The number of amides is 2. The Morgan fingerprint density at radius 3 is 2.48 bits per heavy atom. The van der Waals surface area contributed by atoms with Gasteiger partial charge in [0.1, 0.15) is 5.82 Å². The molecule has 2 atom stereocenters. The van der Waals surface area contributed by atoms with E-state index < -0.39 is 0 Å². The van der Waals surface area contributed by atoms with Crippen LogP contribution in [0.4, 0.5) is 14.9 Å². The maximum atomic E-state index is 13.2. The molecule has 1 saturated heterocycles. The molecule has 27 heavy (non-hydrogen) atoms. The van der Waals surface area contributed by atoms with E-state index in [1.807, 2.05) is 43.3 Å². The Labute approximate surface area is 159 Å². The summed E-state index contributed by atoms with van der Waals surface area (Å²) in [4.78, 5) is 14.5. The molecule has 1 aliphatic heterocycles. The highest BCUT2D eigenvalue weighted by Gasteiger charge is 2.28. The minimum Gasteiger partial charge on any atom is -0.378 e. The third-order valence-corrected chi connectivity index (χ3v) is 4.76. The Hall–Kier alpha value is -2.60. The van der Waals surface area contributed by atoms with Crippen molar-refractivity contribution < 1.29 is 13.9 Å². The van der Waals surface area contributed by atoms with Gasteiger partial charge in [0, 0.05) is 32.9 Å². The molecule has 2 N–H and O–H groups in total. The number of halogens is 1. The monoisotopic (exact) mass is 371 g/mol. The second-order valence-electron chi connectivity index (χ2n) is 6.97. The van der Waals surface area contributed by atoms with Gasteiger partial charge in [0.2, 0.25) is 0 Å². The summed E-state index contributed by atoms with van der Waals surface area (Å²) in [5, 5.41) is 5.88. The van der Waals surface area contributed by atoms with Gasteiger partial charge in [0.15, 0.2) is 0 Å². The molecular weight excluding hydrogens is 345 g/mol. The lowest BCUT2D eigenvalue weighted by molar-refractivity contribution is 0.0807. The second kappa shape index (κ2) is 8.86. The molecule has 1 heterocycles. The summed E-state index contributed by atoms with van der Waals surface area (Å²) in [6.45, 7) is 1.12. The van der Waals surface area contributed by atoms with Gasteiger partial charge in [-0.05, 0) is 48.2 Å². The third kappa shape index (κ3) is 5.20. The number of nitrogens with one attached hydrogen (secondary N) is 2. The molecule has 0 aliphatic carbocycles. The average Bonchev–Trinajstić information content (AvgIpc) is 3.20. The molecule has 0 unspecified atom stereocenters. The van der Waals surface area contributed by atoms with Crippen LogP contribution < -0.4 is 15.5 Å². The first-order valence-electron chi connectivity index (χ1n) is 9.20. The first-order chi connectivity index (χ1) is 13.0. The van der Waals surface area contributed by atoms with Crippen LogP contribution in [-0.2, 0) is 11.3 Å². The van der Waals surface area contributed by atoms with E-state index in [2.05, 4.69) is 10.6 Å².